The second kappa shape index (κ2) is 10.9. The molecule has 1 fully saturated rings. The molecule has 3 rings (SSSR count). The first-order valence-corrected chi connectivity index (χ1v) is 11.5. The number of piperidine rings is 1. The number of amides is 1. The molecule has 1 aliphatic rings. The van der Waals surface area contributed by atoms with E-state index in [0.29, 0.717) is 6.54 Å². The van der Waals surface area contributed by atoms with Crippen molar-refractivity contribution in [2.75, 3.05) is 25.4 Å². The van der Waals surface area contributed by atoms with Crippen molar-refractivity contribution in [2.24, 2.45) is 5.92 Å². The van der Waals surface area contributed by atoms with Crippen molar-refractivity contribution >= 4 is 29.3 Å². The lowest BCUT2D eigenvalue weighted by Crippen LogP contribution is -2.43. The molecule has 1 aliphatic heterocycles. The van der Waals surface area contributed by atoms with Crippen molar-refractivity contribution in [1.29, 1.82) is 0 Å². The van der Waals surface area contributed by atoms with Crippen molar-refractivity contribution in [3.05, 3.63) is 70.2 Å². The van der Waals surface area contributed by atoms with E-state index >= 15 is 0 Å². The van der Waals surface area contributed by atoms with Gasteiger partial charge in [-0.25, -0.2) is 0 Å². The molecule has 150 valence electrons. The Morgan fingerprint density at radius 3 is 2.93 bits per heavy atom. The number of rotatable bonds is 8. The summed E-state index contributed by atoms with van der Waals surface area (Å²) in [5.74, 6) is 2.08. The highest BCUT2D eigenvalue weighted by Gasteiger charge is 2.25. The molecule has 0 radical (unpaired) electrons. The lowest BCUT2D eigenvalue weighted by molar-refractivity contribution is -0.126. The molecule has 1 N–H and O–H groups in total. The molecule has 3 nitrogen and oxygen atoms in total. The molecule has 0 saturated carbocycles. The zero-order chi connectivity index (χ0) is 19.8. The SMILES string of the molecule is Cc1cccc(CN2CCCC(C(=O)NCCSCc3ccccc3Cl)C2)c1. The molecule has 28 heavy (non-hydrogen) atoms. The molecule has 1 amide bonds. The monoisotopic (exact) mass is 416 g/mol. The van der Waals surface area contributed by atoms with Crippen LogP contribution in [0.3, 0.4) is 0 Å². The Morgan fingerprint density at radius 1 is 1.25 bits per heavy atom. The minimum atomic E-state index is 0.104. The van der Waals surface area contributed by atoms with Crippen molar-refractivity contribution < 1.29 is 4.79 Å². The summed E-state index contributed by atoms with van der Waals surface area (Å²) >= 11 is 7.98. The van der Waals surface area contributed by atoms with Crippen LogP contribution in [-0.2, 0) is 17.1 Å². The predicted octanol–water partition coefficient (Wildman–Crippen LogP) is 4.91. The van der Waals surface area contributed by atoms with E-state index < -0.39 is 0 Å². The number of halogens is 1. The minimum absolute atomic E-state index is 0.104. The van der Waals surface area contributed by atoms with Crippen molar-refractivity contribution in [1.82, 2.24) is 10.2 Å². The Hall–Kier alpha value is -1.49. The van der Waals surface area contributed by atoms with E-state index in [0.717, 1.165) is 54.6 Å². The average molecular weight is 417 g/mol. The van der Waals surface area contributed by atoms with Crippen LogP contribution in [-0.4, -0.2) is 36.2 Å². The van der Waals surface area contributed by atoms with Gasteiger partial charge in [0.1, 0.15) is 0 Å². The van der Waals surface area contributed by atoms with Crippen LogP contribution in [0.1, 0.15) is 29.5 Å². The number of thioether (sulfide) groups is 1. The maximum absolute atomic E-state index is 12.6. The molecule has 0 bridgehead atoms. The highest BCUT2D eigenvalue weighted by molar-refractivity contribution is 7.98. The summed E-state index contributed by atoms with van der Waals surface area (Å²) in [6.45, 7) is 5.69. The molecule has 5 heteroatoms. The molecule has 1 atom stereocenters. The average Bonchev–Trinajstić information content (AvgIpc) is 2.69. The van der Waals surface area contributed by atoms with Crippen LogP contribution >= 0.6 is 23.4 Å². The van der Waals surface area contributed by atoms with Gasteiger partial charge in [0.25, 0.3) is 0 Å². The van der Waals surface area contributed by atoms with E-state index in [1.165, 1.54) is 11.1 Å². The molecule has 2 aromatic rings. The third-order valence-corrected chi connectivity index (χ3v) is 6.50. The Bertz CT molecular complexity index is 783. The molecule has 1 unspecified atom stereocenters. The predicted molar refractivity (Wildman–Crippen MR) is 120 cm³/mol. The Balaban J connectivity index is 1.37. The largest absolute Gasteiger partial charge is 0.355 e. The maximum Gasteiger partial charge on any atom is 0.224 e. The summed E-state index contributed by atoms with van der Waals surface area (Å²) in [5.41, 5.74) is 3.77. The number of likely N-dealkylation sites (tertiary alicyclic amines) is 1. The number of hydrogen-bond acceptors (Lipinski definition) is 3. The fourth-order valence-corrected chi connectivity index (χ4v) is 4.81. The van der Waals surface area contributed by atoms with Crippen molar-refractivity contribution in [3.8, 4) is 0 Å². The van der Waals surface area contributed by atoms with E-state index in [1.807, 2.05) is 18.2 Å². The number of nitrogens with zero attached hydrogens (tertiary/aromatic N) is 1. The molecule has 0 aliphatic carbocycles. The molecule has 1 saturated heterocycles. The molecular formula is C23H29ClN2OS. The minimum Gasteiger partial charge on any atom is -0.355 e. The molecule has 0 spiro atoms. The van der Waals surface area contributed by atoms with Gasteiger partial charge in [0.15, 0.2) is 0 Å². The Labute approximate surface area is 177 Å². The Morgan fingerprint density at radius 2 is 2.11 bits per heavy atom. The topological polar surface area (TPSA) is 32.3 Å². The van der Waals surface area contributed by atoms with E-state index in [-0.39, 0.29) is 11.8 Å². The second-order valence-corrected chi connectivity index (χ2v) is 9.01. The summed E-state index contributed by atoms with van der Waals surface area (Å²) < 4.78 is 0. The van der Waals surface area contributed by atoms with Gasteiger partial charge < -0.3 is 5.32 Å². The summed E-state index contributed by atoms with van der Waals surface area (Å²) in [6.07, 6.45) is 2.08. The fourth-order valence-electron chi connectivity index (χ4n) is 3.67. The molecule has 1 heterocycles. The number of hydrogen-bond donors (Lipinski definition) is 1. The molecule has 2 aromatic carbocycles. The van der Waals surface area contributed by atoms with Crippen LogP contribution in [0.15, 0.2) is 48.5 Å². The molecular weight excluding hydrogens is 388 g/mol. The van der Waals surface area contributed by atoms with E-state index in [1.54, 1.807) is 11.8 Å². The third-order valence-electron chi connectivity index (χ3n) is 5.13. The number of benzene rings is 2. The number of aryl methyl sites for hydroxylation is 1. The van der Waals surface area contributed by atoms with Crippen LogP contribution in [0.2, 0.25) is 5.02 Å². The summed E-state index contributed by atoms with van der Waals surface area (Å²) in [4.78, 5) is 15.0. The van der Waals surface area contributed by atoms with Crippen LogP contribution < -0.4 is 5.32 Å². The standard InChI is InChI=1S/C23H29ClN2OS/c1-18-6-4-7-19(14-18)15-26-12-5-9-20(16-26)23(27)25-11-13-28-17-21-8-2-3-10-22(21)24/h2-4,6-8,10,14,20H,5,9,11-13,15-17H2,1H3,(H,25,27). The van der Waals surface area contributed by atoms with Gasteiger partial charge in [-0.1, -0.05) is 59.6 Å². The number of carbonyl (C=O) groups excluding carboxylic acids is 1. The van der Waals surface area contributed by atoms with E-state index in [2.05, 4.69) is 47.5 Å². The van der Waals surface area contributed by atoms with Crippen molar-refractivity contribution in [2.45, 2.75) is 32.1 Å². The second-order valence-electron chi connectivity index (χ2n) is 7.50. The first-order valence-electron chi connectivity index (χ1n) is 9.98. The smallest absolute Gasteiger partial charge is 0.224 e. The van der Waals surface area contributed by atoms with Crippen molar-refractivity contribution in [3.63, 3.8) is 0 Å². The van der Waals surface area contributed by atoms with E-state index in [4.69, 9.17) is 11.6 Å². The van der Waals surface area contributed by atoms with Crippen LogP contribution in [0, 0.1) is 12.8 Å². The van der Waals surface area contributed by atoms with Gasteiger partial charge in [-0.05, 0) is 43.5 Å². The highest BCUT2D eigenvalue weighted by atomic mass is 35.5. The number of carbonyl (C=O) groups is 1. The third kappa shape index (κ3) is 6.54. The summed E-state index contributed by atoms with van der Waals surface area (Å²) in [5, 5.41) is 3.94. The Kier molecular flexibility index (Phi) is 8.26. The fraction of sp³-hybridized carbons (Fsp3) is 0.435. The first kappa shape index (κ1) is 21.2. The summed E-state index contributed by atoms with van der Waals surface area (Å²) in [7, 11) is 0. The van der Waals surface area contributed by atoms with Gasteiger partial charge >= 0.3 is 0 Å². The quantitative estimate of drug-likeness (QED) is 0.620. The molecule has 0 aromatic heterocycles. The number of nitrogens with one attached hydrogen (secondary N) is 1. The normalized spacial score (nSPS) is 17.4. The lowest BCUT2D eigenvalue weighted by Gasteiger charge is -2.32. The van der Waals surface area contributed by atoms with Crippen LogP contribution in [0.5, 0.6) is 0 Å². The van der Waals surface area contributed by atoms with Gasteiger partial charge in [-0.3, -0.25) is 9.69 Å². The zero-order valence-electron chi connectivity index (χ0n) is 16.5. The van der Waals surface area contributed by atoms with Crippen LogP contribution in [0.25, 0.3) is 0 Å². The van der Waals surface area contributed by atoms with Crippen LogP contribution in [0.4, 0.5) is 0 Å². The van der Waals surface area contributed by atoms with Gasteiger partial charge in [0.05, 0.1) is 5.92 Å². The van der Waals surface area contributed by atoms with Gasteiger partial charge in [0, 0.05) is 36.2 Å². The maximum atomic E-state index is 12.6. The first-order chi connectivity index (χ1) is 13.6. The van der Waals surface area contributed by atoms with Gasteiger partial charge in [-0.2, -0.15) is 11.8 Å². The van der Waals surface area contributed by atoms with E-state index in [9.17, 15) is 4.79 Å². The van der Waals surface area contributed by atoms with Gasteiger partial charge in [-0.15, -0.1) is 0 Å². The van der Waals surface area contributed by atoms with Gasteiger partial charge in [0.2, 0.25) is 5.91 Å². The lowest BCUT2D eigenvalue weighted by atomic mass is 9.96. The highest BCUT2D eigenvalue weighted by Crippen LogP contribution is 2.21. The summed E-state index contributed by atoms with van der Waals surface area (Å²) in [6, 6.07) is 16.6. The zero-order valence-corrected chi connectivity index (χ0v) is 18.1.